The van der Waals surface area contributed by atoms with E-state index in [1.807, 2.05) is 31.2 Å². The molecule has 0 spiro atoms. The second kappa shape index (κ2) is 11.7. The number of alkyl halides is 1. The molecule has 8 heteroatoms. The van der Waals surface area contributed by atoms with Crippen LogP contribution >= 0.6 is 15.9 Å². The molecule has 0 unspecified atom stereocenters. The molecule has 0 radical (unpaired) electrons. The summed E-state index contributed by atoms with van der Waals surface area (Å²) in [6.07, 6.45) is 5.21. The van der Waals surface area contributed by atoms with E-state index in [9.17, 15) is 22.4 Å². The van der Waals surface area contributed by atoms with E-state index in [0.717, 1.165) is 24.2 Å². The van der Waals surface area contributed by atoms with Crippen molar-refractivity contribution in [2.45, 2.75) is 56.9 Å². The fraction of sp³-hybridized carbons (Fsp3) is 0.400. The normalized spacial score (nSPS) is 13.1. The molecule has 0 aliphatic carbocycles. The zero-order valence-corrected chi connectivity index (χ0v) is 20.6. The molecule has 0 saturated heterocycles. The molecule has 180 valence electrons. The first-order valence-electron chi connectivity index (χ1n) is 10.4. The summed E-state index contributed by atoms with van der Waals surface area (Å²) in [7, 11) is 1.63. The molecule has 1 atom stereocenters. The van der Waals surface area contributed by atoms with Gasteiger partial charge in [0, 0.05) is 0 Å². The number of benzene rings is 2. The molecule has 33 heavy (non-hydrogen) atoms. The number of allylic oxidation sites excluding steroid dienone is 2. The zero-order chi connectivity index (χ0) is 24.8. The highest BCUT2D eigenvalue weighted by molar-refractivity contribution is 9.09. The van der Waals surface area contributed by atoms with Crippen LogP contribution in [0.25, 0.3) is 0 Å². The molecule has 2 aromatic rings. The van der Waals surface area contributed by atoms with Crippen LogP contribution in [0.1, 0.15) is 56.0 Å². The van der Waals surface area contributed by atoms with Crippen molar-refractivity contribution in [3.05, 3.63) is 76.4 Å². The maximum absolute atomic E-state index is 13.9. The average molecular weight is 531 g/mol. The van der Waals surface area contributed by atoms with Gasteiger partial charge in [-0.25, -0.2) is 22.4 Å². The highest BCUT2D eigenvalue weighted by Gasteiger charge is 2.34. The number of halogens is 5. The molecule has 0 bridgehead atoms. The standard InChI is InChI=1S/C25H27BrF4O3/c1-15(6-5-7-16-9-11-17(32-4)12-10-16)8-13-20(26)25(2,3)33-24(31)18-14-19(27)22(29)23(30)21(18)28/h6,9-12,14,20H,5,7-8,13H2,1-4H3/b15-6+/t20-/m1/s1. The average Bonchev–Trinajstić information content (AvgIpc) is 2.78. The molecule has 0 N–H and O–H groups in total. The number of carbonyl (C=O) groups is 1. The van der Waals surface area contributed by atoms with Crippen LogP contribution in [0.4, 0.5) is 17.6 Å². The molecule has 0 fully saturated rings. The summed E-state index contributed by atoms with van der Waals surface area (Å²) in [5.41, 5.74) is 0.249. The van der Waals surface area contributed by atoms with Crippen LogP contribution in [-0.2, 0) is 11.2 Å². The third-order valence-corrected chi connectivity index (χ3v) is 6.87. The SMILES string of the molecule is COc1ccc(CC/C=C(\C)CC[C@@H](Br)C(C)(C)OC(=O)c2cc(F)c(F)c(F)c2F)cc1. The third kappa shape index (κ3) is 7.32. The van der Waals surface area contributed by atoms with Gasteiger partial charge in [0.15, 0.2) is 23.3 Å². The topological polar surface area (TPSA) is 35.5 Å². The van der Waals surface area contributed by atoms with Crippen molar-refractivity contribution in [3.63, 3.8) is 0 Å². The van der Waals surface area contributed by atoms with Crippen LogP contribution in [0.3, 0.4) is 0 Å². The van der Waals surface area contributed by atoms with E-state index in [1.54, 1.807) is 21.0 Å². The van der Waals surface area contributed by atoms with Gasteiger partial charge in [-0.15, -0.1) is 0 Å². The molecular formula is C25H27BrF4O3. The van der Waals surface area contributed by atoms with E-state index in [0.29, 0.717) is 18.9 Å². The second-order valence-corrected chi connectivity index (χ2v) is 9.39. The van der Waals surface area contributed by atoms with Gasteiger partial charge in [-0.1, -0.05) is 39.7 Å². The Morgan fingerprint density at radius 1 is 1.09 bits per heavy atom. The Kier molecular flexibility index (Phi) is 9.52. The predicted octanol–water partition coefficient (Wildman–Crippen LogP) is 7.31. The van der Waals surface area contributed by atoms with Gasteiger partial charge in [0.1, 0.15) is 16.9 Å². The first-order valence-corrected chi connectivity index (χ1v) is 11.4. The summed E-state index contributed by atoms with van der Waals surface area (Å²) in [5.74, 6) is -7.93. The van der Waals surface area contributed by atoms with Crippen molar-refractivity contribution < 1.29 is 31.8 Å². The summed E-state index contributed by atoms with van der Waals surface area (Å²) in [5, 5.41) is 0. The fourth-order valence-electron chi connectivity index (χ4n) is 3.16. The number of hydrogen-bond donors (Lipinski definition) is 0. The molecule has 0 amide bonds. The maximum atomic E-state index is 13.9. The van der Waals surface area contributed by atoms with E-state index >= 15 is 0 Å². The Balaban J connectivity index is 1.90. The summed E-state index contributed by atoms with van der Waals surface area (Å²) in [6.45, 7) is 5.20. The van der Waals surface area contributed by atoms with E-state index in [1.165, 1.54) is 5.56 Å². The number of esters is 1. The first kappa shape index (κ1) is 26.9. The van der Waals surface area contributed by atoms with Gasteiger partial charge in [-0.3, -0.25) is 0 Å². The van der Waals surface area contributed by atoms with Gasteiger partial charge < -0.3 is 9.47 Å². The summed E-state index contributed by atoms with van der Waals surface area (Å²) in [6, 6.07) is 8.19. The number of ether oxygens (including phenoxy) is 2. The van der Waals surface area contributed by atoms with Gasteiger partial charge in [-0.05, 0) is 70.2 Å². The Morgan fingerprint density at radius 2 is 1.73 bits per heavy atom. The highest BCUT2D eigenvalue weighted by Crippen LogP contribution is 2.29. The Hall–Kier alpha value is -2.35. The number of aryl methyl sites for hydroxylation is 1. The van der Waals surface area contributed by atoms with E-state index in [-0.39, 0.29) is 4.83 Å². The first-order chi connectivity index (χ1) is 15.5. The fourth-order valence-corrected chi connectivity index (χ4v) is 3.48. The van der Waals surface area contributed by atoms with Crippen LogP contribution in [0.15, 0.2) is 42.0 Å². The number of carbonyl (C=O) groups excluding carboxylic acids is 1. The highest BCUT2D eigenvalue weighted by atomic mass is 79.9. The van der Waals surface area contributed by atoms with Gasteiger partial charge in [0.25, 0.3) is 0 Å². The van der Waals surface area contributed by atoms with Gasteiger partial charge in [-0.2, -0.15) is 0 Å². The predicted molar refractivity (Wildman–Crippen MR) is 123 cm³/mol. The Labute approximate surface area is 199 Å². The van der Waals surface area contributed by atoms with Crippen molar-refractivity contribution in [3.8, 4) is 5.75 Å². The molecule has 0 heterocycles. The molecule has 0 aliphatic rings. The molecule has 0 aromatic heterocycles. The lowest BCUT2D eigenvalue weighted by atomic mass is 9.98. The summed E-state index contributed by atoms with van der Waals surface area (Å²) < 4.78 is 64.3. The quantitative estimate of drug-likeness (QED) is 0.0806. The molecule has 3 nitrogen and oxygen atoms in total. The van der Waals surface area contributed by atoms with Gasteiger partial charge in [0.2, 0.25) is 0 Å². The minimum absolute atomic E-state index is 0.297. The summed E-state index contributed by atoms with van der Waals surface area (Å²) in [4.78, 5) is 12.0. The minimum atomic E-state index is -2.05. The van der Waals surface area contributed by atoms with Crippen molar-refractivity contribution in [1.29, 1.82) is 0 Å². The molecular weight excluding hydrogens is 504 g/mol. The molecule has 0 saturated carbocycles. The van der Waals surface area contributed by atoms with Crippen molar-refractivity contribution in [1.82, 2.24) is 0 Å². The molecule has 2 aromatic carbocycles. The Morgan fingerprint density at radius 3 is 2.33 bits per heavy atom. The maximum Gasteiger partial charge on any atom is 0.341 e. The largest absolute Gasteiger partial charge is 0.497 e. The van der Waals surface area contributed by atoms with E-state index in [2.05, 4.69) is 22.0 Å². The smallest absolute Gasteiger partial charge is 0.341 e. The molecule has 0 aliphatic heterocycles. The van der Waals surface area contributed by atoms with E-state index in [4.69, 9.17) is 9.47 Å². The number of methoxy groups -OCH3 is 1. The van der Waals surface area contributed by atoms with Crippen molar-refractivity contribution in [2.24, 2.45) is 0 Å². The minimum Gasteiger partial charge on any atom is -0.497 e. The lowest BCUT2D eigenvalue weighted by Gasteiger charge is -2.30. The second-order valence-electron chi connectivity index (χ2n) is 8.28. The third-order valence-electron chi connectivity index (χ3n) is 5.31. The Bertz CT molecular complexity index is 1000. The zero-order valence-electron chi connectivity index (χ0n) is 19.0. The van der Waals surface area contributed by atoms with Crippen LogP contribution in [0.5, 0.6) is 5.75 Å². The van der Waals surface area contributed by atoms with Crippen LogP contribution < -0.4 is 4.74 Å². The van der Waals surface area contributed by atoms with Crippen molar-refractivity contribution in [2.75, 3.05) is 7.11 Å². The number of rotatable bonds is 10. The van der Waals surface area contributed by atoms with Crippen LogP contribution in [0.2, 0.25) is 0 Å². The van der Waals surface area contributed by atoms with Gasteiger partial charge >= 0.3 is 5.97 Å². The summed E-state index contributed by atoms with van der Waals surface area (Å²) >= 11 is 3.49. The van der Waals surface area contributed by atoms with E-state index < -0.39 is 40.4 Å². The lowest BCUT2D eigenvalue weighted by Crippen LogP contribution is -2.37. The van der Waals surface area contributed by atoms with Gasteiger partial charge in [0.05, 0.1) is 11.9 Å². The monoisotopic (exact) mass is 530 g/mol. The van der Waals surface area contributed by atoms with Crippen molar-refractivity contribution >= 4 is 21.9 Å². The molecule has 2 rings (SSSR count). The lowest BCUT2D eigenvalue weighted by molar-refractivity contribution is -0.00232. The van der Waals surface area contributed by atoms with Crippen LogP contribution in [0, 0.1) is 23.3 Å². The van der Waals surface area contributed by atoms with Crippen LogP contribution in [-0.4, -0.2) is 23.5 Å². The number of hydrogen-bond acceptors (Lipinski definition) is 3.